The van der Waals surface area contributed by atoms with Crippen LogP contribution in [-0.2, 0) is 0 Å². The van der Waals surface area contributed by atoms with Crippen LogP contribution in [0.2, 0.25) is 0 Å². The quantitative estimate of drug-likeness (QED) is 0.443. The van der Waals surface area contributed by atoms with E-state index in [1.165, 1.54) is 0 Å². The van der Waals surface area contributed by atoms with Gasteiger partial charge in [-0.2, -0.15) is 0 Å². The molecule has 2 heteroatoms. The third-order valence-corrected chi connectivity index (χ3v) is 2.08. The summed E-state index contributed by atoms with van der Waals surface area (Å²) in [6.45, 7) is 3.55. The molecule has 1 aromatic carbocycles. The highest BCUT2D eigenvalue weighted by atomic mass is 79.9. The van der Waals surface area contributed by atoms with Crippen molar-refractivity contribution in [3.63, 3.8) is 0 Å². The number of carbonyl (C=O) groups is 1. The van der Waals surface area contributed by atoms with Gasteiger partial charge in [0.05, 0.1) is 5.48 Å². The van der Waals surface area contributed by atoms with E-state index < -0.39 is 0 Å². The molecule has 1 rings (SSSR count). The fourth-order valence-electron chi connectivity index (χ4n) is 0.969. The highest BCUT2D eigenvalue weighted by Crippen LogP contribution is 2.13. The van der Waals surface area contributed by atoms with Gasteiger partial charge in [-0.15, -0.1) is 6.58 Å². The Labute approximate surface area is 98.6 Å². The summed E-state index contributed by atoms with van der Waals surface area (Å²) in [7, 11) is 0. The molecule has 1 aromatic rings. The summed E-state index contributed by atoms with van der Waals surface area (Å²) in [6, 6.07) is -1.01. The lowest BCUT2D eigenvalue weighted by molar-refractivity contribution is 0.0980. The fourth-order valence-corrected chi connectivity index (χ4v) is 1.17. The zero-order valence-electron chi connectivity index (χ0n) is 11.7. The van der Waals surface area contributed by atoms with Gasteiger partial charge in [-0.25, -0.2) is 0 Å². The van der Waals surface area contributed by atoms with Gasteiger partial charge in [-0.1, -0.05) is 34.1 Å². The second kappa shape index (κ2) is 5.76. The van der Waals surface area contributed by atoms with E-state index in [-0.39, 0.29) is 46.4 Å². The summed E-state index contributed by atoms with van der Waals surface area (Å²) in [5.74, 6) is -0.360. The van der Waals surface area contributed by atoms with Gasteiger partial charge in [0.15, 0.2) is 5.78 Å². The first-order valence-corrected chi connectivity index (χ1v) is 5.11. The van der Waals surface area contributed by atoms with Crippen LogP contribution in [0, 0.1) is 0 Å². The van der Waals surface area contributed by atoms with Gasteiger partial charge in [-0.3, -0.25) is 4.79 Å². The lowest BCUT2D eigenvalue weighted by Crippen LogP contribution is -1.97. The lowest BCUT2D eigenvalue weighted by Gasteiger charge is -1.99. The minimum absolute atomic E-state index is 0.0835. The maximum Gasteiger partial charge on any atom is 0.162 e. The monoisotopic (exact) mass is 256 g/mol. The molecule has 0 saturated carbocycles. The molecule has 0 radical (unpaired) electrons. The smallest absolute Gasteiger partial charge is 0.162 e. The van der Waals surface area contributed by atoms with E-state index in [4.69, 9.17) is 5.48 Å². The Balaban J connectivity index is 3.16. The molecule has 0 aliphatic carbocycles. The van der Waals surface area contributed by atoms with E-state index in [2.05, 4.69) is 22.5 Å². The molecule has 0 aliphatic rings. The average Bonchev–Trinajstić information content (AvgIpc) is 2.34. The SMILES string of the molecule is [2H]c1c([2H])c(C(=O)CCCC=C)c([2H])c([2H])c1Br. The van der Waals surface area contributed by atoms with Crippen LogP contribution in [0.4, 0.5) is 0 Å². The molecule has 0 bridgehead atoms. The number of carbonyl (C=O) groups excluding carboxylic acids is 1. The van der Waals surface area contributed by atoms with Crippen LogP contribution in [-0.4, -0.2) is 5.78 Å². The van der Waals surface area contributed by atoms with Crippen LogP contribution in [0.1, 0.15) is 35.1 Å². The molecular weight excluding hydrogens is 240 g/mol. The first-order chi connectivity index (χ1) is 8.41. The van der Waals surface area contributed by atoms with Gasteiger partial charge in [0.2, 0.25) is 0 Å². The lowest BCUT2D eigenvalue weighted by atomic mass is 10.1. The first-order valence-electron chi connectivity index (χ1n) is 6.31. The highest BCUT2D eigenvalue weighted by Gasteiger charge is 2.03. The van der Waals surface area contributed by atoms with Gasteiger partial charge in [0.1, 0.15) is 0 Å². The topological polar surface area (TPSA) is 17.1 Å². The number of ketones is 1. The van der Waals surface area contributed by atoms with Crippen LogP contribution in [0.3, 0.4) is 0 Å². The van der Waals surface area contributed by atoms with Gasteiger partial charge < -0.3 is 0 Å². The maximum atomic E-state index is 11.9. The summed E-state index contributed by atoms with van der Waals surface area (Å²) in [4.78, 5) is 11.9. The number of rotatable bonds is 5. The van der Waals surface area contributed by atoms with E-state index in [9.17, 15) is 4.79 Å². The van der Waals surface area contributed by atoms with Gasteiger partial charge in [-0.05, 0) is 24.9 Å². The summed E-state index contributed by atoms with van der Waals surface area (Å²) in [5.41, 5.74) is -0.128. The minimum Gasteiger partial charge on any atom is -0.294 e. The Morgan fingerprint density at radius 3 is 2.71 bits per heavy atom. The number of hydrogen-bond donors (Lipinski definition) is 0. The van der Waals surface area contributed by atoms with Crippen molar-refractivity contribution in [2.24, 2.45) is 0 Å². The minimum atomic E-state index is -0.360. The van der Waals surface area contributed by atoms with E-state index in [1.807, 2.05) is 0 Å². The summed E-state index contributed by atoms with van der Waals surface area (Å²) < 4.78 is 30.8. The molecule has 74 valence electrons. The molecule has 0 spiro atoms. The Hall–Kier alpha value is -0.890. The Bertz CT molecular complexity index is 470. The molecule has 0 heterocycles. The van der Waals surface area contributed by atoms with Crippen molar-refractivity contribution in [3.8, 4) is 0 Å². The Kier molecular flexibility index (Phi) is 2.70. The normalized spacial score (nSPS) is 13.8. The van der Waals surface area contributed by atoms with E-state index >= 15 is 0 Å². The summed E-state index contributed by atoms with van der Waals surface area (Å²) in [5, 5.41) is 0. The number of allylic oxidation sites excluding steroid dienone is 1. The molecule has 0 fully saturated rings. The van der Waals surface area contributed by atoms with Gasteiger partial charge in [0.25, 0.3) is 0 Å². The van der Waals surface area contributed by atoms with Crippen molar-refractivity contribution in [1.29, 1.82) is 0 Å². The molecule has 14 heavy (non-hydrogen) atoms. The molecule has 0 N–H and O–H groups in total. The zero-order valence-corrected chi connectivity index (χ0v) is 9.28. The van der Waals surface area contributed by atoms with Crippen molar-refractivity contribution in [3.05, 3.63) is 46.9 Å². The molecule has 0 unspecified atom stereocenters. The van der Waals surface area contributed by atoms with Crippen LogP contribution >= 0.6 is 15.9 Å². The second-order valence-electron chi connectivity index (χ2n) is 2.79. The molecular formula is C12H13BrO. The third kappa shape index (κ3) is 3.46. The highest BCUT2D eigenvalue weighted by molar-refractivity contribution is 9.10. The predicted octanol–water partition coefficient (Wildman–Crippen LogP) is 3.99. The molecule has 0 aliphatic heterocycles. The molecule has 0 aromatic heterocycles. The predicted molar refractivity (Wildman–Crippen MR) is 62.5 cm³/mol. The number of halogens is 1. The van der Waals surface area contributed by atoms with Crippen molar-refractivity contribution >= 4 is 21.7 Å². The number of hydrogen-bond acceptors (Lipinski definition) is 1. The first kappa shape index (κ1) is 6.57. The number of unbranched alkanes of at least 4 members (excludes halogenated alkanes) is 1. The molecule has 0 atom stereocenters. The molecule has 1 nitrogen and oxygen atoms in total. The van der Waals surface area contributed by atoms with Crippen LogP contribution in [0.15, 0.2) is 41.3 Å². The van der Waals surface area contributed by atoms with Crippen LogP contribution in [0.25, 0.3) is 0 Å². The largest absolute Gasteiger partial charge is 0.294 e. The van der Waals surface area contributed by atoms with E-state index in [1.54, 1.807) is 6.08 Å². The van der Waals surface area contributed by atoms with Crippen LogP contribution < -0.4 is 0 Å². The van der Waals surface area contributed by atoms with Crippen molar-refractivity contribution in [2.45, 2.75) is 19.3 Å². The Morgan fingerprint density at radius 1 is 1.50 bits per heavy atom. The Morgan fingerprint density at radius 2 is 2.14 bits per heavy atom. The van der Waals surface area contributed by atoms with Gasteiger partial charge in [0, 0.05) is 16.5 Å². The number of Topliss-reactive ketones (excluding diaryl/α,β-unsaturated/α-hetero) is 1. The average molecular weight is 257 g/mol. The third-order valence-electron chi connectivity index (χ3n) is 1.69. The van der Waals surface area contributed by atoms with E-state index in [0.29, 0.717) is 12.8 Å². The summed E-state index contributed by atoms with van der Waals surface area (Å²) >= 11 is 2.99. The van der Waals surface area contributed by atoms with Gasteiger partial charge >= 0.3 is 0 Å². The van der Waals surface area contributed by atoms with Crippen molar-refractivity contribution in [2.75, 3.05) is 0 Å². The molecule has 0 saturated heterocycles. The van der Waals surface area contributed by atoms with Crippen LogP contribution in [0.5, 0.6) is 0 Å². The number of benzene rings is 1. The second-order valence-corrected chi connectivity index (χ2v) is 3.59. The fraction of sp³-hybridized carbons (Fsp3) is 0.250. The summed E-state index contributed by atoms with van der Waals surface area (Å²) in [6.07, 6.45) is 3.18. The van der Waals surface area contributed by atoms with Crippen molar-refractivity contribution in [1.82, 2.24) is 0 Å². The zero-order chi connectivity index (χ0) is 13.9. The standard InChI is InChI=1S/C12H13BrO/c1-2-3-4-5-12(14)10-6-8-11(13)9-7-10/h2,6-9H,1,3-5H2/i6D,7D,8D,9D. The van der Waals surface area contributed by atoms with Crippen molar-refractivity contribution < 1.29 is 10.3 Å². The maximum absolute atomic E-state index is 11.9. The molecule has 0 amide bonds. The van der Waals surface area contributed by atoms with E-state index in [0.717, 1.165) is 0 Å².